The van der Waals surface area contributed by atoms with E-state index in [0.717, 1.165) is 35.7 Å². The lowest BCUT2D eigenvalue weighted by molar-refractivity contribution is 0.342. The Balaban J connectivity index is 1.15. The number of halogens is 1. The first-order chi connectivity index (χ1) is 16.7. The van der Waals surface area contributed by atoms with Gasteiger partial charge in [-0.15, -0.1) is 5.10 Å². The molecule has 0 bridgehead atoms. The summed E-state index contributed by atoms with van der Waals surface area (Å²) in [5.74, 6) is 0.479. The Morgan fingerprint density at radius 1 is 1.09 bits per heavy atom. The lowest BCUT2D eigenvalue weighted by atomic mass is 9.89. The average Bonchev–Trinajstić information content (AvgIpc) is 3.58. The molecule has 4 aromatic heterocycles. The molecule has 2 N–H and O–H groups in total. The molecule has 0 amide bonds. The Hall–Kier alpha value is -3.59. The van der Waals surface area contributed by atoms with Gasteiger partial charge in [0, 0.05) is 29.9 Å². The van der Waals surface area contributed by atoms with Crippen molar-refractivity contribution in [2.45, 2.75) is 45.2 Å². The maximum Gasteiger partial charge on any atom is 0.137 e. The van der Waals surface area contributed by atoms with E-state index in [2.05, 4.69) is 48.6 Å². The molecule has 0 saturated heterocycles. The summed E-state index contributed by atoms with van der Waals surface area (Å²) in [7, 11) is 0. The van der Waals surface area contributed by atoms with E-state index in [9.17, 15) is 4.39 Å². The van der Waals surface area contributed by atoms with Gasteiger partial charge in [0.1, 0.15) is 17.2 Å². The first-order valence-electron chi connectivity index (χ1n) is 11.9. The molecule has 6 rings (SSSR count). The fraction of sp³-hybridized carbons (Fsp3) is 0.360. The number of H-pyrrole nitrogens is 1. The van der Waals surface area contributed by atoms with Gasteiger partial charge in [-0.1, -0.05) is 30.5 Å². The number of hydrogen-bond donors (Lipinski definition) is 2. The van der Waals surface area contributed by atoms with Crippen molar-refractivity contribution < 1.29 is 4.39 Å². The van der Waals surface area contributed by atoms with Crippen LogP contribution in [0.5, 0.6) is 0 Å². The Kier molecular flexibility index (Phi) is 5.54. The van der Waals surface area contributed by atoms with Crippen molar-refractivity contribution in [3.8, 4) is 11.3 Å². The van der Waals surface area contributed by atoms with E-state index >= 15 is 0 Å². The van der Waals surface area contributed by atoms with E-state index in [0.29, 0.717) is 23.3 Å². The van der Waals surface area contributed by atoms with Crippen LogP contribution in [0.4, 0.5) is 4.39 Å². The third-order valence-corrected chi connectivity index (χ3v) is 6.71. The lowest BCUT2D eigenvalue weighted by Gasteiger charge is -2.21. The molecular formula is C25H27FN8. The summed E-state index contributed by atoms with van der Waals surface area (Å²) in [6, 6.07) is 7.07. The van der Waals surface area contributed by atoms with Crippen LogP contribution in [0.1, 0.15) is 43.4 Å². The fourth-order valence-corrected chi connectivity index (χ4v) is 4.98. The van der Waals surface area contributed by atoms with Crippen LogP contribution < -0.4 is 5.32 Å². The summed E-state index contributed by atoms with van der Waals surface area (Å²) in [5.41, 5.74) is 4.92. The molecule has 0 spiro atoms. The summed E-state index contributed by atoms with van der Waals surface area (Å²) in [6.07, 6.45) is 14.5. The normalized spacial score (nSPS) is 15.0. The fourth-order valence-electron chi connectivity index (χ4n) is 4.98. The summed E-state index contributed by atoms with van der Waals surface area (Å²) in [4.78, 5) is 4.72. The van der Waals surface area contributed by atoms with E-state index in [-0.39, 0.29) is 5.82 Å². The number of rotatable bonds is 7. The highest BCUT2D eigenvalue weighted by atomic mass is 19.1. The third kappa shape index (κ3) is 4.31. The van der Waals surface area contributed by atoms with Crippen molar-refractivity contribution in [3.05, 3.63) is 66.1 Å². The van der Waals surface area contributed by atoms with Crippen molar-refractivity contribution in [1.82, 2.24) is 39.9 Å². The Bertz CT molecular complexity index is 1430. The minimum atomic E-state index is -0.342. The monoisotopic (exact) mass is 458 g/mol. The highest BCUT2D eigenvalue weighted by Gasteiger charge is 2.14. The molecule has 1 aromatic carbocycles. The molecule has 1 fully saturated rings. The molecule has 34 heavy (non-hydrogen) atoms. The second-order valence-electron chi connectivity index (χ2n) is 9.26. The molecule has 0 radical (unpaired) electrons. The van der Waals surface area contributed by atoms with Crippen LogP contribution in [0.2, 0.25) is 0 Å². The van der Waals surface area contributed by atoms with Gasteiger partial charge in [0.15, 0.2) is 0 Å². The van der Waals surface area contributed by atoms with Gasteiger partial charge in [0.05, 0.1) is 30.1 Å². The van der Waals surface area contributed by atoms with E-state index in [1.54, 1.807) is 10.9 Å². The van der Waals surface area contributed by atoms with Crippen molar-refractivity contribution in [3.63, 3.8) is 0 Å². The number of aromatic nitrogens is 7. The van der Waals surface area contributed by atoms with Gasteiger partial charge >= 0.3 is 0 Å². The van der Waals surface area contributed by atoms with Crippen LogP contribution in [0, 0.1) is 11.7 Å². The summed E-state index contributed by atoms with van der Waals surface area (Å²) >= 11 is 0. The topological polar surface area (TPSA) is 88.7 Å². The third-order valence-electron chi connectivity index (χ3n) is 6.71. The molecule has 174 valence electrons. The minimum absolute atomic E-state index is 0.342. The summed E-state index contributed by atoms with van der Waals surface area (Å²) < 4.78 is 17.8. The molecule has 5 aromatic rings. The van der Waals surface area contributed by atoms with Crippen molar-refractivity contribution in [1.29, 1.82) is 0 Å². The van der Waals surface area contributed by atoms with Gasteiger partial charge in [-0.2, -0.15) is 5.10 Å². The zero-order chi connectivity index (χ0) is 22.9. The van der Waals surface area contributed by atoms with Gasteiger partial charge in [-0.3, -0.25) is 5.10 Å². The van der Waals surface area contributed by atoms with Crippen LogP contribution in [0.25, 0.3) is 27.8 Å². The molecule has 0 aliphatic heterocycles. The maximum absolute atomic E-state index is 14.0. The van der Waals surface area contributed by atoms with Gasteiger partial charge in [-0.05, 0) is 49.1 Å². The van der Waals surface area contributed by atoms with Crippen LogP contribution in [-0.4, -0.2) is 41.1 Å². The van der Waals surface area contributed by atoms with Gasteiger partial charge < -0.3 is 9.72 Å². The Morgan fingerprint density at radius 3 is 2.91 bits per heavy atom. The standard InChI is InChI=1S/C25H27FN8/c26-19-8-21(22-12-28-30-23(22)9-19)24-16-34(32-31-24)15-20-14-33-13-18(6-7-25(33)29-20)11-27-10-17-4-2-1-3-5-17/h6-9,12-14,16-17,27H,1-5,10-11,15H2,(H,28,30). The molecular weight excluding hydrogens is 431 g/mol. The summed E-state index contributed by atoms with van der Waals surface area (Å²) in [5, 5.41) is 19.7. The molecule has 0 unspecified atom stereocenters. The van der Waals surface area contributed by atoms with Crippen molar-refractivity contribution >= 4 is 16.6 Å². The predicted octanol–water partition coefficient (Wildman–Crippen LogP) is 4.33. The molecule has 1 aliphatic carbocycles. The number of fused-ring (bicyclic) bond motifs is 2. The molecule has 1 aliphatic rings. The quantitative estimate of drug-likeness (QED) is 0.379. The average molecular weight is 459 g/mol. The SMILES string of the molecule is Fc1cc(-c2cn(Cc3cn4cc(CNCC5CCCCC5)ccc4n3)nn2)c2cn[nH]c2c1. The van der Waals surface area contributed by atoms with Crippen molar-refractivity contribution in [2.24, 2.45) is 5.92 Å². The zero-order valence-electron chi connectivity index (χ0n) is 18.9. The molecule has 0 atom stereocenters. The maximum atomic E-state index is 14.0. The number of benzene rings is 1. The number of hydrogen-bond acceptors (Lipinski definition) is 5. The Morgan fingerprint density at radius 2 is 2.00 bits per heavy atom. The second-order valence-corrected chi connectivity index (χ2v) is 9.26. The van der Waals surface area contributed by atoms with Crippen LogP contribution in [0.15, 0.2) is 49.1 Å². The van der Waals surface area contributed by atoms with E-state index < -0.39 is 0 Å². The van der Waals surface area contributed by atoms with Crippen LogP contribution >= 0.6 is 0 Å². The highest BCUT2D eigenvalue weighted by Crippen LogP contribution is 2.27. The highest BCUT2D eigenvalue weighted by molar-refractivity contribution is 5.93. The van der Waals surface area contributed by atoms with Crippen LogP contribution in [-0.2, 0) is 13.1 Å². The minimum Gasteiger partial charge on any atom is -0.312 e. The number of aromatic amines is 1. The predicted molar refractivity (Wildman–Crippen MR) is 128 cm³/mol. The smallest absolute Gasteiger partial charge is 0.137 e. The largest absolute Gasteiger partial charge is 0.312 e. The molecule has 9 heteroatoms. The number of nitrogens with zero attached hydrogens (tertiary/aromatic N) is 6. The second kappa shape index (κ2) is 8.98. The van der Waals surface area contributed by atoms with E-state index in [1.165, 1.54) is 49.8 Å². The molecule has 4 heterocycles. The van der Waals surface area contributed by atoms with Gasteiger partial charge in [0.25, 0.3) is 0 Å². The van der Waals surface area contributed by atoms with Gasteiger partial charge in [0.2, 0.25) is 0 Å². The lowest BCUT2D eigenvalue weighted by Crippen LogP contribution is -2.24. The zero-order valence-corrected chi connectivity index (χ0v) is 18.9. The summed E-state index contributed by atoms with van der Waals surface area (Å²) in [6.45, 7) is 2.44. The number of imidazole rings is 1. The number of pyridine rings is 1. The van der Waals surface area contributed by atoms with Crippen LogP contribution in [0.3, 0.4) is 0 Å². The van der Waals surface area contributed by atoms with Gasteiger partial charge in [-0.25, -0.2) is 14.1 Å². The molecule has 8 nitrogen and oxygen atoms in total. The van der Waals surface area contributed by atoms with E-state index in [4.69, 9.17) is 4.98 Å². The van der Waals surface area contributed by atoms with Crippen molar-refractivity contribution in [2.75, 3.05) is 6.54 Å². The first kappa shape index (κ1) is 21.0. The first-order valence-corrected chi connectivity index (χ1v) is 11.9. The van der Waals surface area contributed by atoms with E-state index in [1.807, 2.05) is 12.4 Å². The molecule has 1 saturated carbocycles. The number of nitrogens with one attached hydrogen (secondary N) is 2. The Labute approximate surface area is 196 Å².